The highest BCUT2D eigenvalue weighted by molar-refractivity contribution is 7.73. The average molecular weight is 569 g/mol. The Hall–Kier alpha value is -3.41. The molecule has 5 rings (SSSR count). The van der Waals surface area contributed by atoms with E-state index in [1.807, 2.05) is 29.2 Å². The van der Waals surface area contributed by atoms with E-state index in [1.54, 1.807) is 27.5 Å². The van der Waals surface area contributed by atoms with Crippen LogP contribution in [0.2, 0.25) is 0 Å². The summed E-state index contributed by atoms with van der Waals surface area (Å²) in [6, 6.07) is 13.5. The van der Waals surface area contributed by atoms with Gasteiger partial charge in [-0.3, -0.25) is 14.2 Å². The van der Waals surface area contributed by atoms with Crippen molar-refractivity contribution in [3.8, 4) is 17.0 Å². The fourth-order valence-corrected chi connectivity index (χ4v) is 6.46. The number of hydrogen-bond acceptors (Lipinski definition) is 7. The van der Waals surface area contributed by atoms with Gasteiger partial charge < -0.3 is 15.3 Å². The van der Waals surface area contributed by atoms with Gasteiger partial charge in [0.15, 0.2) is 3.95 Å². The van der Waals surface area contributed by atoms with Crippen molar-refractivity contribution in [3.05, 3.63) is 79.8 Å². The second-order valence-electron chi connectivity index (χ2n) is 8.99. The first-order valence-corrected chi connectivity index (χ1v) is 14.3. The van der Waals surface area contributed by atoms with Crippen molar-refractivity contribution < 1.29 is 19.1 Å². The highest BCUT2D eigenvalue weighted by Gasteiger charge is 2.26. The number of thiazole rings is 2. The number of para-hydroxylation sites is 1. The van der Waals surface area contributed by atoms with Gasteiger partial charge in [0.1, 0.15) is 11.5 Å². The highest BCUT2D eigenvalue weighted by Crippen LogP contribution is 2.32. The number of likely N-dealkylation sites (tertiary alicyclic amines) is 1. The molecule has 0 spiro atoms. The van der Waals surface area contributed by atoms with Gasteiger partial charge in [-0.1, -0.05) is 30.3 Å². The number of aromatic hydroxyl groups is 1. The van der Waals surface area contributed by atoms with Gasteiger partial charge in [-0.15, -0.1) is 22.7 Å². The SMILES string of the molecule is O=C(Nc1ccccc1-c1ccc(F)cc1)c1csc(C2CCN(C(=O)CCn3c(O)csc3=S)CC2)n1. The quantitative estimate of drug-likeness (QED) is 0.256. The molecule has 0 bridgehead atoms. The number of carbonyl (C=O) groups excluding carboxylic acids is 2. The van der Waals surface area contributed by atoms with Crippen molar-refractivity contribution in [1.29, 1.82) is 0 Å². The molecular weight excluding hydrogens is 544 g/mol. The Labute approximate surface area is 232 Å². The Balaban J connectivity index is 1.17. The van der Waals surface area contributed by atoms with E-state index in [1.165, 1.54) is 34.8 Å². The number of carbonyl (C=O) groups is 2. The van der Waals surface area contributed by atoms with Gasteiger partial charge in [0.05, 0.1) is 10.4 Å². The number of rotatable bonds is 7. The number of piperidine rings is 1. The summed E-state index contributed by atoms with van der Waals surface area (Å²) in [5, 5.41) is 17.0. The van der Waals surface area contributed by atoms with Crippen LogP contribution in [0.25, 0.3) is 11.1 Å². The van der Waals surface area contributed by atoms with Crippen LogP contribution in [-0.2, 0) is 11.3 Å². The predicted octanol–water partition coefficient (Wildman–Crippen LogP) is 6.30. The number of halogens is 1. The van der Waals surface area contributed by atoms with Crippen molar-refractivity contribution >= 4 is 52.4 Å². The van der Waals surface area contributed by atoms with Gasteiger partial charge in [-0.25, -0.2) is 9.37 Å². The molecule has 2 N–H and O–H groups in total. The van der Waals surface area contributed by atoms with Crippen LogP contribution < -0.4 is 5.32 Å². The zero-order valence-corrected chi connectivity index (χ0v) is 22.8. The van der Waals surface area contributed by atoms with Gasteiger partial charge in [0.2, 0.25) is 11.8 Å². The van der Waals surface area contributed by atoms with E-state index >= 15 is 0 Å². The van der Waals surface area contributed by atoms with E-state index in [2.05, 4.69) is 10.3 Å². The molecule has 4 aromatic rings. The van der Waals surface area contributed by atoms with E-state index in [0.717, 1.165) is 29.0 Å². The molecule has 0 saturated carbocycles. The lowest BCUT2D eigenvalue weighted by Crippen LogP contribution is -2.38. The van der Waals surface area contributed by atoms with Crippen molar-refractivity contribution in [2.45, 2.75) is 31.7 Å². The third kappa shape index (κ3) is 5.85. The first kappa shape index (κ1) is 26.2. The van der Waals surface area contributed by atoms with Gasteiger partial charge >= 0.3 is 0 Å². The first-order valence-electron chi connectivity index (χ1n) is 12.2. The first-order chi connectivity index (χ1) is 18.4. The average Bonchev–Trinajstić information content (AvgIpc) is 3.55. The molecule has 1 saturated heterocycles. The summed E-state index contributed by atoms with van der Waals surface area (Å²) >= 11 is 7.93. The van der Waals surface area contributed by atoms with E-state index in [9.17, 15) is 19.1 Å². The third-order valence-electron chi connectivity index (χ3n) is 6.59. The van der Waals surface area contributed by atoms with Crippen LogP contribution in [-0.4, -0.2) is 44.5 Å². The maximum atomic E-state index is 13.4. The Bertz CT molecular complexity index is 1500. The number of amides is 2. The van der Waals surface area contributed by atoms with Crippen molar-refractivity contribution in [2.75, 3.05) is 18.4 Å². The number of aromatic nitrogens is 2. The lowest BCUT2D eigenvalue weighted by molar-refractivity contribution is -0.132. The third-order valence-corrected chi connectivity index (χ3v) is 8.86. The highest BCUT2D eigenvalue weighted by atomic mass is 32.1. The number of benzene rings is 2. The maximum absolute atomic E-state index is 13.4. The van der Waals surface area contributed by atoms with E-state index in [0.29, 0.717) is 35.0 Å². The summed E-state index contributed by atoms with van der Waals surface area (Å²) in [5.74, 6) is -0.301. The molecule has 0 radical (unpaired) electrons. The minimum absolute atomic E-state index is 0.0370. The summed E-state index contributed by atoms with van der Waals surface area (Å²) < 4.78 is 15.5. The lowest BCUT2D eigenvalue weighted by atomic mass is 9.97. The Morgan fingerprint density at radius 1 is 1.08 bits per heavy atom. The fraction of sp³-hybridized carbons (Fsp3) is 0.259. The van der Waals surface area contributed by atoms with E-state index < -0.39 is 0 Å². The Morgan fingerprint density at radius 3 is 2.53 bits per heavy atom. The molecule has 0 aliphatic carbocycles. The number of hydrogen-bond donors (Lipinski definition) is 2. The van der Waals surface area contributed by atoms with Gasteiger partial charge in [0.25, 0.3) is 5.91 Å². The summed E-state index contributed by atoms with van der Waals surface area (Å²) in [6.45, 7) is 1.61. The molecule has 1 aliphatic heterocycles. The maximum Gasteiger partial charge on any atom is 0.275 e. The largest absolute Gasteiger partial charge is 0.494 e. The van der Waals surface area contributed by atoms with Crippen LogP contribution in [0.3, 0.4) is 0 Å². The molecule has 2 aromatic carbocycles. The molecule has 196 valence electrons. The van der Waals surface area contributed by atoms with Gasteiger partial charge in [0, 0.05) is 48.6 Å². The van der Waals surface area contributed by atoms with Crippen molar-refractivity contribution in [1.82, 2.24) is 14.5 Å². The summed E-state index contributed by atoms with van der Waals surface area (Å²) in [7, 11) is 0. The summed E-state index contributed by atoms with van der Waals surface area (Å²) in [5.41, 5.74) is 2.58. The Kier molecular flexibility index (Phi) is 7.96. The molecule has 11 heteroatoms. The van der Waals surface area contributed by atoms with E-state index in [-0.39, 0.29) is 35.9 Å². The van der Waals surface area contributed by atoms with Crippen LogP contribution in [0.4, 0.5) is 10.1 Å². The smallest absolute Gasteiger partial charge is 0.275 e. The molecule has 3 heterocycles. The summed E-state index contributed by atoms with van der Waals surface area (Å²) in [6.07, 6.45) is 1.83. The normalized spacial score (nSPS) is 14.0. The van der Waals surface area contributed by atoms with Crippen LogP contribution in [0, 0.1) is 9.77 Å². The number of anilines is 1. The minimum atomic E-state index is -0.316. The predicted molar refractivity (Wildman–Crippen MR) is 150 cm³/mol. The number of nitrogens with one attached hydrogen (secondary N) is 1. The molecule has 0 atom stereocenters. The van der Waals surface area contributed by atoms with Gasteiger partial charge in [-0.05, 0) is 48.8 Å². The molecule has 0 unspecified atom stereocenters. The Morgan fingerprint density at radius 2 is 1.82 bits per heavy atom. The molecule has 38 heavy (non-hydrogen) atoms. The van der Waals surface area contributed by atoms with Crippen molar-refractivity contribution in [3.63, 3.8) is 0 Å². The monoisotopic (exact) mass is 568 g/mol. The van der Waals surface area contributed by atoms with Crippen LogP contribution in [0.5, 0.6) is 5.88 Å². The van der Waals surface area contributed by atoms with Crippen LogP contribution >= 0.6 is 34.9 Å². The fourth-order valence-electron chi connectivity index (χ4n) is 4.51. The van der Waals surface area contributed by atoms with Crippen molar-refractivity contribution in [2.24, 2.45) is 0 Å². The molecule has 2 aromatic heterocycles. The molecule has 7 nitrogen and oxygen atoms in total. The topological polar surface area (TPSA) is 87.5 Å². The van der Waals surface area contributed by atoms with Crippen LogP contribution in [0.15, 0.2) is 59.3 Å². The second kappa shape index (κ2) is 11.5. The van der Waals surface area contributed by atoms with Gasteiger partial charge in [-0.2, -0.15) is 0 Å². The molecular formula is C27H25FN4O3S3. The molecule has 1 fully saturated rings. The second-order valence-corrected chi connectivity index (χ2v) is 11.4. The van der Waals surface area contributed by atoms with Crippen LogP contribution in [0.1, 0.15) is 40.7 Å². The summed E-state index contributed by atoms with van der Waals surface area (Å²) in [4.78, 5) is 32.1. The zero-order valence-electron chi connectivity index (χ0n) is 20.3. The standard InChI is InChI=1S/C27H25FN4O3S3/c28-19-7-5-17(6-8-19)20-3-1-2-4-21(20)29-25(35)22-15-37-26(30-22)18-9-12-31(13-10-18)23(33)11-14-32-24(34)16-38-27(32)36/h1-8,15-16,18,34H,9-14H2,(H,29,35). The molecule has 1 aliphatic rings. The minimum Gasteiger partial charge on any atom is -0.494 e. The van der Waals surface area contributed by atoms with E-state index in [4.69, 9.17) is 12.2 Å². The lowest BCUT2D eigenvalue weighted by Gasteiger charge is -2.31. The molecule has 2 amide bonds. The zero-order chi connectivity index (χ0) is 26.6. The number of nitrogens with zero attached hydrogens (tertiary/aromatic N) is 3.